The summed E-state index contributed by atoms with van der Waals surface area (Å²) < 4.78 is 31.8. The lowest BCUT2D eigenvalue weighted by Crippen LogP contribution is -2.37. The van der Waals surface area contributed by atoms with Gasteiger partial charge in [0.2, 0.25) is 15.0 Å². The summed E-state index contributed by atoms with van der Waals surface area (Å²) in [5.41, 5.74) is 2.04. The van der Waals surface area contributed by atoms with Crippen molar-refractivity contribution in [2.75, 3.05) is 19.4 Å². The number of rotatable bonds is 9. The van der Waals surface area contributed by atoms with Gasteiger partial charge in [0, 0.05) is 13.1 Å². The highest BCUT2D eigenvalue weighted by atomic mass is 32.2. The van der Waals surface area contributed by atoms with E-state index in [4.69, 9.17) is 4.74 Å². The smallest absolute Gasteiger partial charge is 0.323 e. The first-order valence-corrected chi connectivity index (χ1v) is 11.7. The maximum absolute atomic E-state index is 12.6. The van der Waals surface area contributed by atoms with Crippen LogP contribution < -0.4 is 0 Å². The molecule has 2 heterocycles. The Hall–Kier alpha value is -2.19. The number of imidazole rings is 1. The molecule has 1 aliphatic rings. The van der Waals surface area contributed by atoms with Gasteiger partial charge in [-0.25, -0.2) is 13.4 Å². The zero-order valence-electron chi connectivity index (χ0n) is 17.1. The Morgan fingerprint density at radius 3 is 2.72 bits per heavy atom. The second-order valence-corrected chi connectivity index (χ2v) is 9.50. The van der Waals surface area contributed by atoms with Crippen LogP contribution in [0, 0.1) is 0 Å². The van der Waals surface area contributed by atoms with Gasteiger partial charge in [0.25, 0.3) is 0 Å². The molecule has 7 nitrogen and oxygen atoms in total. The van der Waals surface area contributed by atoms with Crippen LogP contribution in [0.1, 0.15) is 37.4 Å². The van der Waals surface area contributed by atoms with Gasteiger partial charge in [0.1, 0.15) is 6.04 Å². The minimum absolute atomic E-state index is 0.0106. The number of aryl methyl sites for hydroxylation is 1. The van der Waals surface area contributed by atoms with E-state index < -0.39 is 9.84 Å². The average Bonchev–Trinajstić information content (AvgIpc) is 3.36. The zero-order chi connectivity index (χ0) is 20.9. The van der Waals surface area contributed by atoms with Crippen molar-refractivity contribution in [1.82, 2.24) is 14.5 Å². The van der Waals surface area contributed by atoms with Gasteiger partial charge >= 0.3 is 5.97 Å². The molecule has 0 aliphatic carbocycles. The standard InChI is InChI=1S/C21H29N3O4S/c1-3-29(26,27)21-22-15-18(16-23-13-8-12-19(23)20(25)28-2)24(21)14-7-11-17-9-5-4-6-10-17/h4-6,9-10,15,19H,3,7-8,11-14,16H2,1-2H3/t19-/m0/s1. The monoisotopic (exact) mass is 419 g/mol. The van der Waals surface area contributed by atoms with Crippen LogP contribution in [0.2, 0.25) is 0 Å². The normalized spacial score (nSPS) is 17.5. The van der Waals surface area contributed by atoms with E-state index in [1.54, 1.807) is 13.1 Å². The van der Waals surface area contributed by atoms with Crippen molar-refractivity contribution < 1.29 is 17.9 Å². The average molecular weight is 420 g/mol. The molecular weight excluding hydrogens is 390 g/mol. The number of benzene rings is 1. The van der Waals surface area contributed by atoms with Crippen LogP contribution in [0.15, 0.2) is 41.7 Å². The minimum Gasteiger partial charge on any atom is -0.468 e. The third kappa shape index (κ3) is 5.05. The maximum atomic E-state index is 12.6. The number of nitrogens with zero attached hydrogens (tertiary/aromatic N) is 3. The fraction of sp³-hybridized carbons (Fsp3) is 0.524. The topological polar surface area (TPSA) is 81.5 Å². The molecule has 1 atom stereocenters. The zero-order valence-corrected chi connectivity index (χ0v) is 17.9. The third-order valence-electron chi connectivity index (χ3n) is 5.45. The highest BCUT2D eigenvalue weighted by Gasteiger charge is 2.32. The second-order valence-electron chi connectivity index (χ2n) is 7.33. The van der Waals surface area contributed by atoms with Crippen LogP contribution >= 0.6 is 0 Å². The van der Waals surface area contributed by atoms with Gasteiger partial charge in [0.15, 0.2) is 0 Å². The van der Waals surface area contributed by atoms with E-state index in [0.717, 1.165) is 37.9 Å². The summed E-state index contributed by atoms with van der Waals surface area (Å²) in [6.45, 7) is 3.46. The van der Waals surface area contributed by atoms with Gasteiger partial charge in [0.05, 0.1) is 24.8 Å². The van der Waals surface area contributed by atoms with Crippen molar-refractivity contribution in [3.05, 3.63) is 47.8 Å². The summed E-state index contributed by atoms with van der Waals surface area (Å²) in [7, 11) is -2.03. The van der Waals surface area contributed by atoms with E-state index in [0.29, 0.717) is 13.1 Å². The number of likely N-dealkylation sites (tertiary alicyclic amines) is 1. The molecule has 1 fully saturated rings. The number of sulfone groups is 1. The Morgan fingerprint density at radius 2 is 2.03 bits per heavy atom. The number of carbonyl (C=O) groups is 1. The second kappa shape index (κ2) is 9.54. The number of esters is 1. The summed E-state index contributed by atoms with van der Waals surface area (Å²) in [5.74, 6) is -0.226. The first-order valence-electron chi connectivity index (χ1n) is 10.1. The Morgan fingerprint density at radius 1 is 1.28 bits per heavy atom. The molecule has 2 aromatic rings. The van der Waals surface area contributed by atoms with Gasteiger partial charge in [-0.2, -0.15) is 0 Å². The predicted molar refractivity (Wildman–Crippen MR) is 110 cm³/mol. The first-order chi connectivity index (χ1) is 14.0. The number of aromatic nitrogens is 2. The van der Waals surface area contributed by atoms with Crippen LogP contribution in [0.3, 0.4) is 0 Å². The van der Waals surface area contributed by atoms with Crippen molar-refractivity contribution in [3.8, 4) is 0 Å². The summed E-state index contributed by atoms with van der Waals surface area (Å²) in [5, 5.41) is 0.122. The van der Waals surface area contributed by atoms with Gasteiger partial charge in [-0.3, -0.25) is 9.69 Å². The Balaban J connectivity index is 1.80. The largest absolute Gasteiger partial charge is 0.468 e. The molecule has 1 aromatic heterocycles. The number of hydrogen-bond acceptors (Lipinski definition) is 6. The Kier molecular flexibility index (Phi) is 7.08. The molecular formula is C21H29N3O4S. The molecule has 0 N–H and O–H groups in total. The van der Waals surface area contributed by atoms with Crippen molar-refractivity contribution >= 4 is 15.8 Å². The van der Waals surface area contributed by atoms with Crippen molar-refractivity contribution in [2.24, 2.45) is 0 Å². The highest BCUT2D eigenvalue weighted by molar-refractivity contribution is 7.91. The fourth-order valence-electron chi connectivity index (χ4n) is 3.85. The lowest BCUT2D eigenvalue weighted by atomic mass is 10.1. The van der Waals surface area contributed by atoms with Crippen molar-refractivity contribution in [1.29, 1.82) is 0 Å². The van der Waals surface area contributed by atoms with Gasteiger partial charge in [-0.15, -0.1) is 0 Å². The number of ether oxygens (including phenoxy) is 1. The maximum Gasteiger partial charge on any atom is 0.323 e. The summed E-state index contributed by atoms with van der Waals surface area (Å²) in [4.78, 5) is 18.4. The molecule has 1 aliphatic heterocycles. The Labute approximate surface area is 172 Å². The van der Waals surface area contributed by atoms with E-state index in [9.17, 15) is 13.2 Å². The van der Waals surface area contributed by atoms with Crippen molar-refractivity contribution in [2.45, 2.75) is 56.9 Å². The molecule has 1 saturated heterocycles. The molecule has 0 spiro atoms. The molecule has 158 valence electrons. The fourth-order valence-corrected chi connectivity index (χ4v) is 4.86. The van der Waals surface area contributed by atoms with E-state index in [1.807, 2.05) is 22.8 Å². The summed E-state index contributed by atoms with van der Waals surface area (Å²) in [6.07, 6.45) is 4.98. The first kappa shape index (κ1) is 21.5. The number of carbonyl (C=O) groups excluding carboxylic acids is 1. The quantitative estimate of drug-likeness (QED) is 0.581. The molecule has 29 heavy (non-hydrogen) atoms. The van der Waals surface area contributed by atoms with Gasteiger partial charge in [-0.1, -0.05) is 37.3 Å². The lowest BCUT2D eigenvalue weighted by Gasteiger charge is -2.23. The molecule has 8 heteroatoms. The van der Waals surface area contributed by atoms with Gasteiger partial charge < -0.3 is 9.30 Å². The van der Waals surface area contributed by atoms with Crippen LogP contribution in [0.4, 0.5) is 0 Å². The minimum atomic E-state index is -3.43. The molecule has 0 bridgehead atoms. The molecule has 0 amide bonds. The molecule has 1 aromatic carbocycles. The van der Waals surface area contributed by atoms with Crippen LogP contribution in [-0.2, 0) is 38.9 Å². The van der Waals surface area contributed by atoms with E-state index in [2.05, 4.69) is 22.0 Å². The van der Waals surface area contributed by atoms with Gasteiger partial charge in [-0.05, 0) is 37.8 Å². The van der Waals surface area contributed by atoms with Crippen LogP contribution in [-0.4, -0.2) is 54.3 Å². The molecule has 0 radical (unpaired) electrons. The predicted octanol–water partition coefficient (Wildman–Crippen LogP) is 2.45. The van der Waals surface area contributed by atoms with Crippen LogP contribution in [0.5, 0.6) is 0 Å². The molecule has 0 saturated carbocycles. The lowest BCUT2D eigenvalue weighted by molar-refractivity contribution is -0.146. The van der Waals surface area contributed by atoms with E-state index in [1.165, 1.54) is 12.7 Å². The summed E-state index contributed by atoms with van der Waals surface area (Å²) >= 11 is 0. The van der Waals surface area contributed by atoms with Crippen molar-refractivity contribution in [3.63, 3.8) is 0 Å². The Bertz CT molecular complexity index is 925. The third-order valence-corrected chi connectivity index (χ3v) is 7.09. The highest BCUT2D eigenvalue weighted by Crippen LogP contribution is 2.23. The molecule has 0 unspecified atom stereocenters. The van der Waals surface area contributed by atoms with E-state index >= 15 is 0 Å². The molecule has 3 rings (SSSR count). The SMILES string of the molecule is CCS(=O)(=O)c1ncc(CN2CCC[C@H]2C(=O)OC)n1CCCc1ccccc1. The summed E-state index contributed by atoms with van der Waals surface area (Å²) in [6, 6.07) is 9.86. The van der Waals surface area contributed by atoms with E-state index in [-0.39, 0.29) is 22.9 Å². The number of methoxy groups -OCH3 is 1. The number of hydrogen-bond donors (Lipinski definition) is 0. The van der Waals surface area contributed by atoms with Crippen LogP contribution in [0.25, 0.3) is 0 Å².